The minimum atomic E-state index is -0.0704. The first kappa shape index (κ1) is 12.2. The molecule has 15 heavy (non-hydrogen) atoms. The van der Waals surface area contributed by atoms with Crippen molar-refractivity contribution in [1.82, 2.24) is 5.32 Å². The Kier molecular flexibility index (Phi) is 4.80. The van der Waals surface area contributed by atoms with Crippen LogP contribution in [0.5, 0.6) is 0 Å². The number of nitrogens with one attached hydrogen (secondary N) is 1. The summed E-state index contributed by atoms with van der Waals surface area (Å²) in [5.41, 5.74) is 1.19. The van der Waals surface area contributed by atoms with Crippen molar-refractivity contribution in [2.24, 2.45) is 0 Å². The molecule has 0 aliphatic heterocycles. The van der Waals surface area contributed by atoms with Crippen molar-refractivity contribution in [2.45, 2.75) is 32.4 Å². The monoisotopic (exact) mass is 266 g/mol. The van der Waals surface area contributed by atoms with Gasteiger partial charge in [-0.1, -0.05) is 35.0 Å². The average Bonchev–Trinajstić information content (AvgIpc) is 2.25. The van der Waals surface area contributed by atoms with Crippen LogP contribution in [0.1, 0.15) is 31.9 Å². The molecule has 0 saturated carbocycles. The summed E-state index contributed by atoms with van der Waals surface area (Å²) in [6, 6.07) is 10.5. The van der Waals surface area contributed by atoms with E-state index in [2.05, 4.69) is 46.4 Å². The molecule has 1 rings (SSSR count). The number of halogens is 1. The largest absolute Gasteiger partial charge is 0.295 e. The fraction of sp³-hybridized carbons (Fsp3) is 0.417. The third kappa shape index (κ3) is 3.65. The summed E-state index contributed by atoms with van der Waals surface area (Å²) in [7, 11) is 0. The maximum absolute atomic E-state index is 8.85. The van der Waals surface area contributed by atoms with Crippen molar-refractivity contribution in [1.29, 1.82) is 5.26 Å². The molecule has 1 N–H and O–H groups in total. The molecular formula is C12H15BrN2. The Morgan fingerprint density at radius 3 is 2.80 bits per heavy atom. The van der Waals surface area contributed by atoms with Gasteiger partial charge in [-0.2, -0.15) is 5.26 Å². The van der Waals surface area contributed by atoms with Crippen molar-refractivity contribution in [3.05, 3.63) is 34.3 Å². The zero-order valence-electron chi connectivity index (χ0n) is 9.00. The van der Waals surface area contributed by atoms with Gasteiger partial charge in [-0.3, -0.25) is 5.32 Å². The number of nitrogens with zero attached hydrogens (tertiary/aromatic N) is 1. The van der Waals surface area contributed by atoms with Crippen molar-refractivity contribution in [3.8, 4) is 6.07 Å². The first-order valence-corrected chi connectivity index (χ1v) is 5.87. The van der Waals surface area contributed by atoms with Crippen molar-refractivity contribution >= 4 is 15.9 Å². The topological polar surface area (TPSA) is 35.8 Å². The number of benzene rings is 1. The lowest BCUT2D eigenvalue weighted by atomic mass is 10.1. The quantitative estimate of drug-likeness (QED) is 0.907. The SMILES string of the molecule is CCC(C#N)N[C@H](C)c1cccc(Br)c1. The van der Waals surface area contributed by atoms with Crippen molar-refractivity contribution < 1.29 is 0 Å². The number of hydrogen-bond acceptors (Lipinski definition) is 2. The van der Waals surface area contributed by atoms with Crippen LogP contribution >= 0.6 is 15.9 Å². The maximum Gasteiger partial charge on any atom is 0.0954 e. The smallest absolute Gasteiger partial charge is 0.0954 e. The first-order chi connectivity index (χ1) is 7.17. The van der Waals surface area contributed by atoms with E-state index in [-0.39, 0.29) is 12.1 Å². The Labute approximate surface area is 99.4 Å². The fourth-order valence-electron chi connectivity index (χ4n) is 1.42. The molecule has 0 heterocycles. The summed E-state index contributed by atoms with van der Waals surface area (Å²) in [5, 5.41) is 12.1. The van der Waals surface area contributed by atoms with Gasteiger partial charge in [-0.05, 0) is 31.0 Å². The summed E-state index contributed by atoms with van der Waals surface area (Å²) < 4.78 is 1.07. The average molecular weight is 267 g/mol. The first-order valence-electron chi connectivity index (χ1n) is 5.08. The summed E-state index contributed by atoms with van der Waals surface area (Å²) >= 11 is 3.44. The number of rotatable bonds is 4. The Bertz CT molecular complexity index is 357. The van der Waals surface area contributed by atoms with Gasteiger partial charge in [0, 0.05) is 10.5 Å². The second-order valence-electron chi connectivity index (χ2n) is 3.53. The van der Waals surface area contributed by atoms with Gasteiger partial charge in [-0.25, -0.2) is 0 Å². The zero-order valence-corrected chi connectivity index (χ0v) is 10.6. The third-order valence-corrected chi connectivity index (χ3v) is 2.86. The van der Waals surface area contributed by atoms with Gasteiger partial charge >= 0.3 is 0 Å². The van der Waals surface area contributed by atoms with E-state index in [0.717, 1.165) is 10.9 Å². The predicted octanol–water partition coefficient (Wildman–Crippen LogP) is 3.40. The maximum atomic E-state index is 8.85. The summed E-state index contributed by atoms with van der Waals surface area (Å²) in [4.78, 5) is 0. The van der Waals surface area contributed by atoms with E-state index < -0.39 is 0 Å². The van der Waals surface area contributed by atoms with Crippen LogP contribution in [0, 0.1) is 11.3 Å². The van der Waals surface area contributed by atoms with E-state index in [1.807, 2.05) is 19.1 Å². The summed E-state index contributed by atoms with van der Waals surface area (Å²) in [6.45, 7) is 4.08. The summed E-state index contributed by atoms with van der Waals surface area (Å²) in [6.07, 6.45) is 0.828. The highest BCUT2D eigenvalue weighted by atomic mass is 79.9. The Morgan fingerprint density at radius 1 is 1.53 bits per heavy atom. The Hall–Kier alpha value is -0.850. The molecule has 0 aliphatic carbocycles. The van der Waals surface area contributed by atoms with Gasteiger partial charge in [0.25, 0.3) is 0 Å². The van der Waals surface area contributed by atoms with E-state index in [9.17, 15) is 0 Å². The molecule has 0 fully saturated rings. The lowest BCUT2D eigenvalue weighted by Crippen LogP contribution is -2.29. The molecule has 2 nitrogen and oxygen atoms in total. The second-order valence-corrected chi connectivity index (χ2v) is 4.45. The van der Waals surface area contributed by atoms with Crippen LogP contribution in [0.4, 0.5) is 0 Å². The normalized spacial score (nSPS) is 14.3. The van der Waals surface area contributed by atoms with E-state index in [0.29, 0.717) is 0 Å². The van der Waals surface area contributed by atoms with Gasteiger partial charge < -0.3 is 0 Å². The molecule has 80 valence electrons. The van der Waals surface area contributed by atoms with E-state index in [1.54, 1.807) is 0 Å². The van der Waals surface area contributed by atoms with E-state index in [1.165, 1.54) is 5.56 Å². The molecule has 3 heteroatoms. The molecule has 0 bridgehead atoms. The molecule has 0 radical (unpaired) electrons. The van der Waals surface area contributed by atoms with E-state index >= 15 is 0 Å². The lowest BCUT2D eigenvalue weighted by molar-refractivity contribution is 0.508. The summed E-state index contributed by atoms with van der Waals surface area (Å²) in [5.74, 6) is 0. The van der Waals surface area contributed by atoms with Crippen LogP contribution in [0.25, 0.3) is 0 Å². The number of hydrogen-bond donors (Lipinski definition) is 1. The number of nitriles is 1. The van der Waals surface area contributed by atoms with Crippen LogP contribution in [-0.2, 0) is 0 Å². The van der Waals surface area contributed by atoms with Gasteiger partial charge in [0.05, 0.1) is 12.1 Å². The molecule has 1 unspecified atom stereocenters. The van der Waals surface area contributed by atoms with Crippen molar-refractivity contribution in [3.63, 3.8) is 0 Å². The second kappa shape index (κ2) is 5.89. The van der Waals surface area contributed by atoms with Crippen LogP contribution in [0.3, 0.4) is 0 Å². The van der Waals surface area contributed by atoms with Gasteiger partial charge in [0.2, 0.25) is 0 Å². The molecule has 1 aromatic rings. The van der Waals surface area contributed by atoms with Gasteiger partial charge in [0.1, 0.15) is 0 Å². The Morgan fingerprint density at radius 2 is 2.27 bits per heavy atom. The Balaban J connectivity index is 2.69. The minimum absolute atomic E-state index is 0.0704. The van der Waals surface area contributed by atoms with Crippen molar-refractivity contribution in [2.75, 3.05) is 0 Å². The molecule has 2 atom stereocenters. The highest BCUT2D eigenvalue weighted by Gasteiger charge is 2.10. The van der Waals surface area contributed by atoms with Crippen LogP contribution in [0.15, 0.2) is 28.7 Å². The molecule has 0 aliphatic rings. The third-order valence-electron chi connectivity index (χ3n) is 2.36. The van der Waals surface area contributed by atoms with Crippen LogP contribution in [0.2, 0.25) is 0 Å². The molecule has 0 spiro atoms. The van der Waals surface area contributed by atoms with Crippen LogP contribution in [-0.4, -0.2) is 6.04 Å². The molecule has 0 amide bonds. The highest BCUT2D eigenvalue weighted by molar-refractivity contribution is 9.10. The van der Waals surface area contributed by atoms with Crippen LogP contribution < -0.4 is 5.32 Å². The minimum Gasteiger partial charge on any atom is -0.295 e. The molecule has 0 aromatic heterocycles. The fourth-order valence-corrected chi connectivity index (χ4v) is 1.84. The standard InChI is InChI=1S/C12H15BrN2/c1-3-12(8-14)15-9(2)10-5-4-6-11(13)7-10/h4-7,9,12,15H,3H2,1-2H3/t9-,12?/m1/s1. The lowest BCUT2D eigenvalue weighted by Gasteiger charge is -2.17. The van der Waals surface area contributed by atoms with Gasteiger partial charge in [-0.15, -0.1) is 0 Å². The van der Waals surface area contributed by atoms with Gasteiger partial charge in [0.15, 0.2) is 0 Å². The molecule has 0 saturated heterocycles. The molecular weight excluding hydrogens is 252 g/mol. The molecule has 1 aromatic carbocycles. The highest BCUT2D eigenvalue weighted by Crippen LogP contribution is 2.18. The predicted molar refractivity (Wildman–Crippen MR) is 65.4 cm³/mol. The zero-order chi connectivity index (χ0) is 11.3. The van der Waals surface area contributed by atoms with E-state index in [4.69, 9.17) is 5.26 Å².